The Labute approximate surface area is 107 Å². The second-order valence-electron chi connectivity index (χ2n) is 4.54. The molecule has 1 heterocycles. The first-order valence-corrected chi connectivity index (χ1v) is 6.49. The summed E-state index contributed by atoms with van der Waals surface area (Å²) < 4.78 is 0. The lowest BCUT2D eigenvalue weighted by molar-refractivity contribution is 0.0923. The van der Waals surface area contributed by atoms with Crippen molar-refractivity contribution >= 4 is 17.5 Å². The van der Waals surface area contributed by atoms with Gasteiger partial charge in [0.25, 0.3) is 5.91 Å². The highest BCUT2D eigenvalue weighted by molar-refractivity contribution is 6.21. The van der Waals surface area contributed by atoms with Crippen molar-refractivity contribution in [3.8, 4) is 0 Å². The summed E-state index contributed by atoms with van der Waals surface area (Å²) >= 11 is 6.21. The highest BCUT2D eigenvalue weighted by atomic mass is 35.5. The fraction of sp³-hybridized carbons (Fsp3) is 0.538. The van der Waals surface area contributed by atoms with Crippen LogP contribution in [0.5, 0.6) is 0 Å². The Morgan fingerprint density at radius 3 is 2.88 bits per heavy atom. The average Bonchev–Trinajstić information content (AvgIpc) is 2.32. The molecule has 1 fully saturated rings. The number of hydrogen-bond donors (Lipinski definition) is 1. The summed E-state index contributed by atoms with van der Waals surface area (Å²) in [5.74, 6) is -0.119. The predicted molar refractivity (Wildman–Crippen MR) is 68.3 cm³/mol. The molecular formula is C13H17ClN2O. The van der Waals surface area contributed by atoms with Gasteiger partial charge in [0.05, 0.1) is 5.38 Å². The summed E-state index contributed by atoms with van der Waals surface area (Å²) in [5, 5.41) is 3.03. The minimum absolute atomic E-state index is 0.0532. The maximum atomic E-state index is 12.0. The quantitative estimate of drug-likeness (QED) is 0.823. The van der Waals surface area contributed by atoms with Crippen molar-refractivity contribution < 1.29 is 4.79 Å². The van der Waals surface area contributed by atoms with Gasteiger partial charge in [0, 0.05) is 11.7 Å². The number of pyridine rings is 1. The first-order chi connectivity index (χ1) is 8.16. The molecule has 1 N–H and O–H groups in total. The van der Waals surface area contributed by atoms with Gasteiger partial charge in [-0.1, -0.05) is 18.9 Å². The molecule has 0 radical (unpaired) electrons. The molecule has 1 aliphatic rings. The lowest BCUT2D eigenvalue weighted by atomic mass is 9.95. The van der Waals surface area contributed by atoms with E-state index < -0.39 is 0 Å². The fourth-order valence-corrected chi connectivity index (χ4v) is 2.50. The molecule has 1 aromatic rings. The average molecular weight is 253 g/mol. The van der Waals surface area contributed by atoms with Crippen molar-refractivity contribution in [2.24, 2.45) is 0 Å². The topological polar surface area (TPSA) is 42.0 Å². The first-order valence-electron chi connectivity index (χ1n) is 6.05. The normalized spacial score (nSPS) is 24.4. The Morgan fingerprint density at radius 2 is 2.18 bits per heavy atom. The van der Waals surface area contributed by atoms with E-state index in [-0.39, 0.29) is 17.3 Å². The van der Waals surface area contributed by atoms with Crippen LogP contribution in [0.15, 0.2) is 18.2 Å². The molecule has 2 unspecified atom stereocenters. The van der Waals surface area contributed by atoms with Crippen molar-refractivity contribution in [1.29, 1.82) is 0 Å². The van der Waals surface area contributed by atoms with E-state index >= 15 is 0 Å². The Hall–Kier alpha value is -1.09. The number of halogens is 1. The van der Waals surface area contributed by atoms with Crippen LogP contribution < -0.4 is 5.32 Å². The number of nitrogens with one attached hydrogen (secondary N) is 1. The van der Waals surface area contributed by atoms with E-state index in [1.165, 1.54) is 0 Å². The zero-order valence-electron chi connectivity index (χ0n) is 9.95. The zero-order chi connectivity index (χ0) is 12.3. The van der Waals surface area contributed by atoms with E-state index in [4.69, 9.17) is 11.6 Å². The highest BCUT2D eigenvalue weighted by Crippen LogP contribution is 2.23. The van der Waals surface area contributed by atoms with Crippen LogP contribution in [-0.2, 0) is 0 Å². The van der Waals surface area contributed by atoms with Gasteiger partial charge < -0.3 is 5.32 Å². The van der Waals surface area contributed by atoms with Gasteiger partial charge in [-0.15, -0.1) is 11.6 Å². The molecule has 0 spiro atoms. The van der Waals surface area contributed by atoms with Gasteiger partial charge in [-0.05, 0) is 31.9 Å². The van der Waals surface area contributed by atoms with Crippen molar-refractivity contribution in [3.05, 3.63) is 29.6 Å². The molecule has 1 amide bonds. The number of aryl methyl sites for hydroxylation is 1. The van der Waals surface area contributed by atoms with Gasteiger partial charge in [-0.25, -0.2) is 4.98 Å². The smallest absolute Gasteiger partial charge is 0.270 e. The standard InChI is InChI=1S/C13H17ClN2O/c1-9-5-4-8-12(15-9)13(17)16-11-7-3-2-6-10(11)14/h4-5,8,10-11H,2-3,6-7H2,1H3,(H,16,17). The number of alkyl halides is 1. The van der Waals surface area contributed by atoms with Crippen LogP contribution in [0, 0.1) is 6.92 Å². The van der Waals surface area contributed by atoms with Crippen LogP contribution in [0.3, 0.4) is 0 Å². The second kappa shape index (κ2) is 5.50. The number of nitrogens with zero attached hydrogens (tertiary/aromatic N) is 1. The molecular weight excluding hydrogens is 236 g/mol. The number of carbonyl (C=O) groups excluding carboxylic acids is 1. The van der Waals surface area contributed by atoms with Gasteiger partial charge in [-0.3, -0.25) is 4.79 Å². The van der Waals surface area contributed by atoms with Crippen LogP contribution in [-0.4, -0.2) is 22.3 Å². The predicted octanol–water partition coefficient (Wildman–Crippen LogP) is 2.67. The minimum atomic E-state index is -0.119. The molecule has 0 aliphatic heterocycles. The lowest BCUT2D eigenvalue weighted by Gasteiger charge is -2.27. The van der Waals surface area contributed by atoms with Gasteiger partial charge in [-0.2, -0.15) is 0 Å². The summed E-state index contributed by atoms with van der Waals surface area (Å²) in [6.07, 6.45) is 4.23. The van der Waals surface area contributed by atoms with Crippen LogP contribution in [0.4, 0.5) is 0 Å². The van der Waals surface area contributed by atoms with Gasteiger partial charge in [0.2, 0.25) is 0 Å². The van der Waals surface area contributed by atoms with E-state index in [1.54, 1.807) is 6.07 Å². The van der Waals surface area contributed by atoms with E-state index in [1.807, 2.05) is 19.1 Å². The molecule has 17 heavy (non-hydrogen) atoms. The number of aromatic nitrogens is 1. The molecule has 92 valence electrons. The first kappa shape index (κ1) is 12.4. The van der Waals surface area contributed by atoms with E-state index in [0.717, 1.165) is 31.4 Å². The van der Waals surface area contributed by atoms with Crippen molar-refractivity contribution in [2.45, 2.75) is 44.0 Å². The van der Waals surface area contributed by atoms with Gasteiger partial charge in [0.15, 0.2) is 0 Å². The molecule has 0 saturated heterocycles. The van der Waals surface area contributed by atoms with E-state index in [0.29, 0.717) is 5.69 Å². The molecule has 3 nitrogen and oxygen atoms in total. The third-order valence-corrected chi connectivity index (χ3v) is 3.64. The summed E-state index contributed by atoms with van der Waals surface area (Å²) in [6.45, 7) is 1.88. The molecule has 4 heteroatoms. The fourth-order valence-electron chi connectivity index (χ4n) is 2.16. The Bertz CT molecular complexity index is 408. The molecule has 2 atom stereocenters. The van der Waals surface area contributed by atoms with Crippen LogP contribution in [0.25, 0.3) is 0 Å². The zero-order valence-corrected chi connectivity index (χ0v) is 10.7. The van der Waals surface area contributed by atoms with Gasteiger partial charge >= 0.3 is 0 Å². The van der Waals surface area contributed by atoms with E-state index in [2.05, 4.69) is 10.3 Å². The van der Waals surface area contributed by atoms with Crippen molar-refractivity contribution in [3.63, 3.8) is 0 Å². The third kappa shape index (κ3) is 3.19. The van der Waals surface area contributed by atoms with Crippen LogP contribution >= 0.6 is 11.6 Å². The molecule has 0 bridgehead atoms. The number of hydrogen-bond acceptors (Lipinski definition) is 2. The second-order valence-corrected chi connectivity index (χ2v) is 5.11. The molecule has 0 aromatic carbocycles. The summed E-state index contributed by atoms with van der Waals surface area (Å²) in [6, 6.07) is 5.53. The number of amides is 1. The van der Waals surface area contributed by atoms with Crippen molar-refractivity contribution in [2.75, 3.05) is 0 Å². The molecule has 1 aromatic heterocycles. The number of rotatable bonds is 2. The molecule has 2 rings (SSSR count). The highest BCUT2D eigenvalue weighted by Gasteiger charge is 2.25. The maximum absolute atomic E-state index is 12.0. The van der Waals surface area contributed by atoms with Gasteiger partial charge in [0.1, 0.15) is 5.69 Å². The molecule has 1 aliphatic carbocycles. The summed E-state index contributed by atoms with van der Waals surface area (Å²) in [5.41, 5.74) is 1.32. The molecule has 1 saturated carbocycles. The van der Waals surface area contributed by atoms with Crippen molar-refractivity contribution in [1.82, 2.24) is 10.3 Å². The van der Waals surface area contributed by atoms with Crippen LogP contribution in [0.1, 0.15) is 41.9 Å². The SMILES string of the molecule is Cc1cccc(C(=O)NC2CCCCC2Cl)n1. The van der Waals surface area contributed by atoms with Crippen LogP contribution in [0.2, 0.25) is 0 Å². The largest absolute Gasteiger partial charge is 0.346 e. The summed E-state index contributed by atoms with van der Waals surface area (Å²) in [4.78, 5) is 16.2. The lowest BCUT2D eigenvalue weighted by Crippen LogP contribution is -2.43. The monoisotopic (exact) mass is 252 g/mol. The minimum Gasteiger partial charge on any atom is -0.346 e. The maximum Gasteiger partial charge on any atom is 0.270 e. The summed E-state index contributed by atoms with van der Waals surface area (Å²) in [7, 11) is 0. The number of carbonyl (C=O) groups is 1. The Balaban J connectivity index is 2.01. The Kier molecular flexibility index (Phi) is 4.00. The third-order valence-electron chi connectivity index (χ3n) is 3.12. The Morgan fingerprint density at radius 1 is 1.41 bits per heavy atom. The van der Waals surface area contributed by atoms with E-state index in [9.17, 15) is 4.79 Å².